The molecule has 1 aromatic heterocycles. The lowest BCUT2D eigenvalue weighted by atomic mass is 9.93. The zero-order chi connectivity index (χ0) is 16.6. The maximum absolute atomic E-state index is 12.4. The van der Waals surface area contributed by atoms with Gasteiger partial charge in [-0.3, -0.25) is 4.79 Å². The fourth-order valence-electron chi connectivity index (χ4n) is 3.72. The first-order valence-electron chi connectivity index (χ1n) is 8.50. The Kier molecular flexibility index (Phi) is 4.44. The number of H-pyrrole nitrogens is 1. The van der Waals surface area contributed by atoms with Crippen LogP contribution < -0.4 is 5.32 Å². The molecular formula is C19H26N2O2. The lowest BCUT2D eigenvalue weighted by Gasteiger charge is -2.26. The van der Waals surface area contributed by atoms with Crippen molar-refractivity contribution in [2.75, 3.05) is 0 Å². The van der Waals surface area contributed by atoms with Gasteiger partial charge in [-0.1, -0.05) is 11.6 Å². The van der Waals surface area contributed by atoms with Crippen LogP contribution in [0.5, 0.6) is 0 Å². The van der Waals surface area contributed by atoms with Crippen LogP contribution in [-0.4, -0.2) is 28.1 Å². The van der Waals surface area contributed by atoms with Crippen molar-refractivity contribution < 1.29 is 9.90 Å². The Labute approximate surface area is 137 Å². The van der Waals surface area contributed by atoms with Crippen LogP contribution in [0, 0.1) is 20.8 Å². The number of carbonyl (C=O) groups excluding carboxylic acids is 1. The molecule has 0 unspecified atom stereocenters. The second-order valence-electron chi connectivity index (χ2n) is 6.98. The summed E-state index contributed by atoms with van der Waals surface area (Å²) in [7, 11) is 0. The molecule has 1 aromatic carbocycles. The summed E-state index contributed by atoms with van der Waals surface area (Å²) in [5.41, 5.74) is 5.74. The summed E-state index contributed by atoms with van der Waals surface area (Å²) in [5.74, 6) is 0.0783. The van der Waals surface area contributed by atoms with Crippen molar-refractivity contribution in [3.63, 3.8) is 0 Å². The Morgan fingerprint density at radius 2 is 1.91 bits per heavy atom. The molecule has 4 heteroatoms. The summed E-state index contributed by atoms with van der Waals surface area (Å²) < 4.78 is 0. The quantitative estimate of drug-likeness (QED) is 0.815. The smallest absolute Gasteiger partial charge is 0.224 e. The monoisotopic (exact) mass is 314 g/mol. The van der Waals surface area contributed by atoms with Crippen LogP contribution in [-0.2, 0) is 11.2 Å². The highest BCUT2D eigenvalue weighted by molar-refractivity contribution is 5.92. The van der Waals surface area contributed by atoms with Crippen molar-refractivity contribution in [1.29, 1.82) is 0 Å². The zero-order valence-corrected chi connectivity index (χ0v) is 14.2. The van der Waals surface area contributed by atoms with Crippen molar-refractivity contribution in [1.82, 2.24) is 10.3 Å². The van der Waals surface area contributed by atoms with Gasteiger partial charge in [0.15, 0.2) is 0 Å². The third-order valence-corrected chi connectivity index (χ3v) is 4.97. The third kappa shape index (κ3) is 3.42. The molecule has 0 atom stereocenters. The third-order valence-electron chi connectivity index (χ3n) is 4.97. The van der Waals surface area contributed by atoms with Crippen LogP contribution in [0.1, 0.15) is 48.1 Å². The van der Waals surface area contributed by atoms with Crippen LogP contribution >= 0.6 is 0 Å². The molecule has 1 saturated carbocycles. The van der Waals surface area contributed by atoms with E-state index >= 15 is 0 Å². The molecule has 23 heavy (non-hydrogen) atoms. The Morgan fingerprint density at radius 1 is 1.22 bits per heavy atom. The Bertz CT molecular complexity index is 725. The van der Waals surface area contributed by atoms with Crippen molar-refractivity contribution in [2.24, 2.45) is 0 Å². The van der Waals surface area contributed by atoms with E-state index in [1.807, 2.05) is 6.92 Å². The summed E-state index contributed by atoms with van der Waals surface area (Å²) in [6, 6.07) is 4.53. The SMILES string of the molecule is Cc1cc(C)c2[nH]c(C)c(CC(=O)NC3CCC(O)CC3)c2c1. The summed E-state index contributed by atoms with van der Waals surface area (Å²) in [6.45, 7) is 6.22. The normalized spacial score (nSPS) is 21.6. The lowest BCUT2D eigenvalue weighted by molar-refractivity contribution is -0.121. The molecule has 2 aromatic rings. The fraction of sp³-hybridized carbons (Fsp3) is 0.526. The van der Waals surface area contributed by atoms with Crippen molar-refractivity contribution in [3.05, 3.63) is 34.5 Å². The minimum absolute atomic E-state index is 0.0783. The minimum Gasteiger partial charge on any atom is -0.393 e. The number of aryl methyl sites for hydroxylation is 3. The highest BCUT2D eigenvalue weighted by atomic mass is 16.3. The summed E-state index contributed by atoms with van der Waals surface area (Å²) in [4.78, 5) is 15.9. The van der Waals surface area contributed by atoms with E-state index in [1.165, 1.54) is 11.1 Å². The first-order valence-corrected chi connectivity index (χ1v) is 8.50. The van der Waals surface area contributed by atoms with Gasteiger partial charge in [0.1, 0.15) is 0 Å². The van der Waals surface area contributed by atoms with Gasteiger partial charge in [0.2, 0.25) is 5.91 Å². The number of fused-ring (bicyclic) bond motifs is 1. The fourth-order valence-corrected chi connectivity index (χ4v) is 3.72. The van der Waals surface area contributed by atoms with Crippen molar-refractivity contribution in [3.8, 4) is 0 Å². The van der Waals surface area contributed by atoms with Gasteiger partial charge < -0.3 is 15.4 Å². The van der Waals surface area contributed by atoms with Crippen LogP contribution in [0.25, 0.3) is 10.9 Å². The molecule has 1 amide bonds. The van der Waals surface area contributed by atoms with Gasteiger partial charge >= 0.3 is 0 Å². The standard InChI is InChI=1S/C19H26N2O2/c1-11-8-12(2)19-17(9-11)16(13(3)20-19)10-18(23)21-14-4-6-15(22)7-5-14/h8-9,14-15,20,22H,4-7,10H2,1-3H3,(H,21,23). The number of amides is 1. The van der Waals surface area contributed by atoms with E-state index in [2.05, 4.69) is 36.3 Å². The molecule has 1 fully saturated rings. The largest absolute Gasteiger partial charge is 0.393 e. The van der Waals surface area contributed by atoms with Crippen LogP contribution in [0.4, 0.5) is 0 Å². The highest BCUT2D eigenvalue weighted by Gasteiger charge is 2.22. The number of hydrogen-bond acceptors (Lipinski definition) is 2. The number of benzene rings is 1. The number of aromatic nitrogens is 1. The number of carbonyl (C=O) groups is 1. The minimum atomic E-state index is -0.190. The second-order valence-corrected chi connectivity index (χ2v) is 6.98. The van der Waals surface area contributed by atoms with Gasteiger partial charge in [0, 0.05) is 22.6 Å². The van der Waals surface area contributed by atoms with Gasteiger partial charge in [0.25, 0.3) is 0 Å². The van der Waals surface area contributed by atoms with E-state index in [4.69, 9.17) is 0 Å². The molecule has 124 valence electrons. The Hall–Kier alpha value is -1.81. The van der Waals surface area contributed by atoms with Crippen molar-refractivity contribution >= 4 is 16.8 Å². The number of rotatable bonds is 3. The Morgan fingerprint density at radius 3 is 2.61 bits per heavy atom. The van der Waals surface area contributed by atoms with Crippen molar-refractivity contribution in [2.45, 2.75) is 65.0 Å². The summed E-state index contributed by atoms with van der Waals surface area (Å²) >= 11 is 0. The average Bonchev–Trinajstić information content (AvgIpc) is 2.79. The molecule has 0 aliphatic heterocycles. The topological polar surface area (TPSA) is 65.1 Å². The van der Waals surface area contributed by atoms with Gasteiger partial charge in [0.05, 0.1) is 12.5 Å². The lowest BCUT2D eigenvalue weighted by Crippen LogP contribution is -2.39. The molecule has 0 radical (unpaired) electrons. The highest BCUT2D eigenvalue weighted by Crippen LogP contribution is 2.27. The first-order chi connectivity index (χ1) is 10.9. The first kappa shape index (κ1) is 16.1. The maximum Gasteiger partial charge on any atom is 0.224 e. The molecule has 0 saturated heterocycles. The number of aliphatic hydroxyl groups excluding tert-OH is 1. The second kappa shape index (κ2) is 6.36. The predicted molar refractivity (Wildman–Crippen MR) is 92.6 cm³/mol. The molecule has 3 rings (SSSR count). The Balaban J connectivity index is 1.76. The van der Waals surface area contributed by atoms with E-state index < -0.39 is 0 Å². The molecule has 1 heterocycles. The summed E-state index contributed by atoms with van der Waals surface area (Å²) in [5, 5.41) is 13.9. The van der Waals surface area contributed by atoms with Gasteiger partial charge in [-0.2, -0.15) is 0 Å². The van der Waals surface area contributed by atoms with E-state index in [-0.39, 0.29) is 18.1 Å². The van der Waals surface area contributed by atoms with Gasteiger partial charge in [-0.05, 0) is 63.6 Å². The summed E-state index contributed by atoms with van der Waals surface area (Å²) in [6.07, 6.45) is 3.54. The number of nitrogens with one attached hydrogen (secondary N) is 2. The van der Waals surface area contributed by atoms with E-state index in [0.29, 0.717) is 6.42 Å². The molecule has 1 aliphatic rings. The van der Waals surface area contributed by atoms with Gasteiger partial charge in [-0.15, -0.1) is 0 Å². The van der Waals surface area contributed by atoms with E-state index in [1.54, 1.807) is 0 Å². The molecule has 1 aliphatic carbocycles. The van der Waals surface area contributed by atoms with Crippen LogP contribution in [0.2, 0.25) is 0 Å². The molecule has 3 N–H and O–H groups in total. The number of aromatic amines is 1. The maximum atomic E-state index is 12.4. The number of hydrogen-bond donors (Lipinski definition) is 3. The number of aliphatic hydroxyl groups is 1. The molecule has 4 nitrogen and oxygen atoms in total. The molecule has 0 bridgehead atoms. The van der Waals surface area contributed by atoms with Gasteiger partial charge in [-0.25, -0.2) is 0 Å². The van der Waals surface area contributed by atoms with E-state index in [9.17, 15) is 9.90 Å². The zero-order valence-electron chi connectivity index (χ0n) is 14.2. The van der Waals surface area contributed by atoms with E-state index in [0.717, 1.165) is 47.8 Å². The van der Waals surface area contributed by atoms with Crippen LogP contribution in [0.15, 0.2) is 12.1 Å². The van der Waals surface area contributed by atoms with Crippen LogP contribution in [0.3, 0.4) is 0 Å². The molecular weight excluding hydrogens is 288 g/mol. The average molecular weight is 314 g/mol. The molecule has 0 spiro atoms. The predicted octanol–water partition coefficient (Wildman–Crippen LogP) is 3.06.